The first kappa shape index (κ1) is 47.1. The summed E-state index contributed by atoms with van der Waals surface area (Å²) in [4.78, 5) is 48.5. The number of hydrogen-bond donors (Lipinski definition) is 3. The fourth-order valence-electron chi connectivity index (χ4n) is 2.43. The standard InChI is InChI=1S/C21H31N2O13P.C2H6O3.2C2H6/c1-7-16(23-9-8-18(24)22-19(23)25)10-17(29-6)11-32-37(28,33-12-30-20(26)35-14(2)3)34-13-31-21(27)36-15(4)5;1-5-2(3)4;2*1-2/h1,8-9,14-17H,10-13H2,2-6H3,(H,22,24,25);2-4H,1H3;2*1-2H3/t16-,17?;;;/m0.../s1. The van der Waals surface area contributed by atoms with Gasteiger partial charge in [0.15, 0.2) is 0 Å². The van der Waals surface area contributed by atoms with Gasteiger partial charge in [-0.25, -0.2) is 28.0 Å². The third-order valence-corrected chi connectivity index (χ3v) is 5.58. The van der Waals surface area contributed by atoms with E-state index >= 15 is 0 Å². The Morgan fingerprint density at radius 3 is 1.72 bits per heavy atom. The average molecular weight is 689 g/mol. The number of hydrogen-bond acceptors (Lipinski definition) is 16. The first-order valence-corrected chi connectivity index (χ1v) is 15.5. The normalized spacial score (nSPS) is 11.8. The van der Waals surface area contributed by atoms with Crippen LogP contribution in [0.15, 0.2) is 21.9 Å². The number of nitrogens with zero attached hydrogens (tertiary/aromatic N) is 1. The summed E-state index contributed by atoms with van der Waals surface area (Å²) in [5.74, 6) is 2.40. The number of methoxy groups -OCH3 is 2. The average Bonchev–Trinajstić information content (AvgIpc) is 2.99. The molecule has 0 bridgehead atoms. The van der Waals surface area contributed by atoms with Gasteiger partial charge in [-0.2, -0.15) is 0 Å². The lowest BCUT2D eigenvalue weighted by atomic mass is 10.1. The first-order valence-electron chi connectivity index (χ1n) is 14.1. The van der Waals surface area contributed by atoms with Gasteiger partial charge in [0.25, 0.3) is 12.0 Å². The summed E-state index contributed by atoms with van der Waals surface area (Å²) < 4.78 is 57.3. The molecule has 0 saturated carbocycles. The summed E-state index contributed by atoms with van der Waals surface area (Å²) in [7, 11) is -2.02. The molecule has 19 heteroatoms. The Kier molecular flexibility index (Phi) is 28.7. The predicted molar refractivity (Wildman–Crippen MR) is 163 cm³/mol. The third-order valence-electron chi connectivity index (χ3n) is 4.27. The monoisotopic (exact) mass is 688 g/mol. The van der Waals surface area contributed by atoms with Gasteiger partial charge in [0.05, 0.1) is 24.9 Å². The molecule has 0 spiro atoms. The molecular weight excluding hydrogens is 639 g/mol. The van der Waals surface area contributed by atoms with Crippen LogP contribution in [0.1, 0.15) is 67.9 Å². The number of phosphoric acid groups is 1. The first-order chi connectivity index (χ1) is 21.7. The van der Waals surface area contributed by atoms with Crippen molar-refractivity contribution in [2.24, 2.45) is 0 Å². The quantitative estimate of drug-likeness (QED) is 0.0979. The molecule has 268 valence electrons. The molecule has 0 aliphatic heterocycles. The van der Waals surface area contributed by atoms with Gasteiger partial charge in [-0.3, -0.25) is 18.9 Å². The zero-order valence-corrected chi connectivity index (χ0v) is 28.8. The second-order valence-corrected chi connectivity index (χ2v) is 9.88. The Labute approximate surface area is 268 Å². The largest absolute Gasteiger partial charge is 0.510 e. The van der Waals surface area contributed by atoms with E-state index in [0.29, 0.717) is 0 Å². The topological polar surface area (TPSA) is 230 Å². The van der Waals surface area contributed by atoms with Crippen LogP contribution in [-0.4, -0.2) is 91.3 Å². The molecule has 0 aliphatic rings. The van der Waals surface area contributed by atoms with Crippen molar-refractivity contribution >= 4 is 20.1 Å². The van der Waals surface area contributed by atoms with Crippen LogP contribution in [0, 0.1) is 12.3 Å². The Balaban J connectivity index is -0.00000183. The minimum Gasteiger partial charge on any atom is -0.432 e. The van der Waals surface area contributed by atoms with Crippen molar-refractivity contribution in [1.29, 1.82) is 0 Å². The Bertz CT molecular complexity index is 1110. The van der Waals surface area contributed by atoms with Crippen LogP contribution < -0.4 is 11.2 Å². The van der Waals surface area contributed by atoms with Gasteiger partial charge in [-0.05, 0) is 27.7 Å². The summed E-state index contributed by atoms with van der Waals surface area (Å²) in [6, 6.07) is 0.247. The van der Waals surface area contributed by atoms with Crippen LogP contribution in [-0.2, 0) is 46.6 Å². The molecule has 0 aromatic carbocycles. The lowest BCUT2D eigenvalue weighted by Gasteiger charge is -2.23. The number of terminal acetylenes is 1. The molecule has 3 N–H and O–H groups in total. The van der Waals surface area contributed by atoms with Crippen molar-refractivity contribution in [2.75, 3.05) is 34.4 Å². The number of carbonyl (C=O) groups excluding carboxylic acids is 2. The SMILES string of the molecule is C#C[C@@H](CC(COP(=O)(OCOC(=O)OC(C)C)OCOC(=O)OC(C)C)OC)n1ccc(=O)[nH]c1=O.CC.CC.COC(O)O. The number of aliphatic hydroxyl groups excluding tert-OH is 1. The predicted octanol–water partition coefficient (Wildman–Crippen LogP) is 3.27. The molecule has 1 unspecified atom stereocenters. The summed E-state index contributed by atoms with van der Waals surface area (Å²) in [6.45, 7) is 10.5. The molecule has 2 atom stereocenters. The summed E-state index contributed by atoms with van der Waals surface area (Å²) in [5, 5.41) is 15.4. The van der Waals surface area contributed by atoms with Crippen LogP contribution in [0.2, 0.25) is 0 Å². The highest BCUT2D eigenvalue weighted by molar-refractivity contribution is 7.48. The van der Waals surface area contributed by atoms with Crippen molar-refractivity contribution in [2.45, 2.75) is 92.6 Å². The third kappa shape index (κ3) is 24.0. The summed E-state index contributed by atoms with van der Waals surface area (Å²) in [6.07, 6.45) is 2.71. The van der Waals surface area contributed by atoms with Gasteiger partial charge in [0.2, 0.25) is 13.6 Å². The van der Waals surface area contributed by atoms with Crippen molar-refractivity contribution < 1.29 is 66.4 Å². The maximum absolute atomic E-state index is 13.0. The molecule has 18 nitrogen and oxygen atoms in total. The molecule has 0 radical (unpaired) electrons. The molecule has 1 aromatic rings. The molecule has 46 heavy (non-hydrogen) atoms. The fraction of sp³-hybridized carbons (Fsp3) is 0.704. The second kappa shape index (κ2) is 28.0. The number of phosphoric ester groups is 1. The lowest BCUT2D eigenvalue weighted by Crippen LogP contribution is -2.33. The van der Waals surface area contributed by atoms with E-state index in [4.69, 9.17) is 44.4 Å². The number of H-pyrrole nitrogens is 1. The zero-order chi connectivity index (χ0) is 36.3. The molecule has 1 rings (SSSR count). The highest BCUT2D eigenvalue weighted by Gasteiger charge is 2.31. The number of aliphatic hydroxyl groups is 2. The Morgan fingerprint density at radius 2 is 1.37 bits per heavy atom. The van der Waals surface area contributed by atoms with E-state index in [1.165, 1.54) is 20.4 Å². The van der Waals surface area contributed by atoms with E-state index in [1.807, 2.05) is 27.7 Å². The van der Waals surface area contributed by atoms with Gasteiger partial charge in [-0.1, -0.05) is 33.6 Å². The molecule has 0 fully saturated rings. The van der Waals surface area contributed by atoms with Crippen molar-refractivity contribution in [3.63, 3.8) is 0 Å². The van der Waals surface area contributed by atoms with E-state index in [0.717, 1.165) is 10.6 Å². The Hall–Kier alpha value is -3.27. The van der Waals surface area contributed by atoms with E-state index in [1.54, 1.807) is 27.7 Å². The smallest absolute Gasteiger partial charge is 0.432 e. The zero-order valence-electron chi connectivity index (χ0n) is 28.0. The highest BCUT2D eigenvalue weighted by atomic mass is 31.2. The van der Waals surface area contributed by atoms with Gasteiger partial charge in [-0.15, -0.1) is 6.42 Å². The van der Waals surface area contributed by atoms with Crippen LogP contribution in [0.25, 0.3) is 0 Å². The fourth-order valence-corrected chi connectivity index (χ4v) is 3.37. The van der Waals surface area contributed by atoms with Gasteiger partial charge >= 0.3 is 25.8 Å². The molecule has 0 saturated heterocycles. The van der Waals surface area contributed by atoms with Crippen LogP contribution in [0.3, 0.4) is 0 Å². The number of ether oxygens (including phenoxy) is 6. The van der Waals surface area contributed by atoms with Crippen molar-refractivity contribution in [3.05, 3.63) is 33.1 Å². The maximum Gasteiger partial charge on any atom is 0.510 e. The molecule has 0 aliphatic carbocycles. The lowest BCUT2D eigenvalue weighted by molar-refractivity contribution is -0.218. The highest BCUT2D eigenvalue weighted by Crippen LogP contribution is 2.49. The van der Waals surface area contributed by atoms with E-state index in [2.05, 4.69) is 25.1 Å². The summed E-state index contributed by atoms with van der Waals surface area (Å²) in [5.41, 5.74) is -1.34. The van der Waals surface area contributed by atoms with Crippen LogP contribution >= 0.6 is 7.82 Å². The number of carbonyl (C=O) groups is 2. The Morgan fingerprint density at radius 1 is 0.913 bits per heavy atom. The number of nitrogens with one attached hydrogen (secondary N) is 1. The van der Waals surface area contributed by atoms with Gasteiger partial charge in [0, 0.05) is 32.9 Å². The van der Waals surface area contributed by atoms with Gasteiger partial charge in [0.1, 0.15) is 6.04 Å². The van der Waals surface area contributed by atoms with Crippen LogP contribution in [0.5, 0.6) is 0 Å². The maximum atomic E-state index is 13.0. The van der Waals surface area contributed by atoms with Crippen LogP contribution in [0.4, 0.5) is 9.59 Å². The molecule has 0 amide bonds. The number of aromatic amines is 1. The van der Waals surface area contributed by atoms with E-state index in [-0.39, 0.29) is 6.42 Å². The molecule has 1 heterocycles. The summed E-state index contributed by atoms with van der Waals surface area (Å²) >= 11 is 0. The second-order valence-electron chi connectivity index (χ2n) is 8.21. The van der Waals surface area contributed by atoms with E-state index in [9.17, 15) is 23.7 Å². The minimum atomic E-state index is -4.52. The molecule has 1 aromatic heterocycles. The van der Waals surface area contributed by atoms with Crippen molar-refractivity contribution in [3.8, 4) is 12.3 Å². The van der Waals surface area contributed by atoms with Crippen molar-refractivity contribution in [1.82, 2.24) is 9.55 Å². The minimum absolute atomic E-state index is 0.0205. The van der Waals surface area contributed by atoms with E-state index < -0.39 is 82.4 Å². The number of rotatable bonds is 16. The van der Waals surface area contributed by atoms with Gasteiger partial charge < -0.3 is 38.6 Å². The number of aromatic nitrogens is 2. The molecular formula is C27H49N2O16P.